The lowest BCUT2D eigenvalue weighted by Crippen LogP contribution is -2.10. The minimum atomic E-state index is -0.833. The summed E-state index contributed by atoms with van der Waals surface area (Å²) in [6.07, 6.45) is 2.62. The summed E-state index contributed by atoms with van der Waals surface area (Å²) in [4.78, 5) is 40.4. The number of carbonyl (C=O) groups excluding carboxylic acids is 2. The minimum Gasteiger partial charge on any atom is -0.481 e. The van der Waals surface area contributed by atoms with Gasteiger partial charge < -0.3 is 10.2 Å². The summed E-state index contributed by atoms with van der Waals surface area (Å²) in [5.41, 5.74) is 1.01. The second-order valence-electron chi connectivity index (χ2n) is 3.65. The van der Waals surface area contributed by atoms with Gasteiger partial charge in [-0.3, -0.25) is 19.2 Å². The molecule has 0 aromatic heterocycles. The smallest absolute Gasteiger partial charge is 0.300 e. The first-order valence-corrected chi connectivity index (χ1v) is 5.50. The molecule has 0 amide bonds. The predicted octanol–water partition coefficient (Wildman–Crippen LogP) is 1.80. The van der Waals surface area contributed by atoms with Crippen LogP contribution in [0.3, 0.4) is 0 Å². The van der Waals surface area contributed by atoms with E-state index in [2.05, 4.69) is 0 Å². The molecule has 0 spiro atoms. The van der Waals surface area contributed by atoms with Crippen molar-refractivity contribution in [2.24, 2.45) is 0 Å². The van der Waals surface area contributed by atoms with Gasteiger partial charge in [0.05, 0.1) is 0 Å². The zero-order valence-corrected chi connectivity index (χ0v) is 11.0. The largest absolute Gasteiger partial charge is 0.481 e. The van der Waals surface area contributed by atoms with Gasteiger partial charge in [-0.2, -0.15) is 0 Å². The zero-order chi connectivity index (χ0) is 15.7. The van der Waals surface area contributed by atoms with Crippen molar-refractivity contribution >= 4 is 23.5 Å². The Bertz CT molecular complexity index is 500. The molecule has 2 N–H and O–H groups in total. The summed E-state index contributed by atoms with van der Waals surface area (Å²) in [5, 5.41) is 14.8. The van der Waals surface area contributed by atoms with Crippen LogP contribution in [0.15, 0.2) is 36.4 Å². The third-order valence-corrected chi connectivity index (χ3v) is 1.84. The van der Waals surface area contributed by atoms with Crippen molar-refractivity contribution < 1.29 is 29.4 Å². The van der Waals surface area contributed by atoms with Gasteiger partial charge in [0.25, 0.3) is 11.9 Å². The summed E-state index contributed by atoms with van der Waals surface area (Å²) < 4.78 is 0. The topological polar surface area (TPSA) is 109 Å². The van der Waals surface area contributed by atoms with Crippen LogP contribution in [0.5, 0.6) is 0 Å². The fraction of sp³-hybridized carbons (Fsp3) is 0.143. The normalized spacial score (nSPS) is 11.3. The summed E-state index contributed by atoms with van der Waals surface area (Å²) in [7, 11) is 0. The van der Waals surface area contributed by atoms with E-state index in [1.807, 2.05) is 0 Å². The number of carboxylic acids is 2. The number of allylic oxidation sites excluding steroid dienone is 2. The third kappa shape index (κ3) is 6.85. The highest BCUT2D eigenvalue weighted by atomic mass is 16.4. The van der Waals surface area contributed by atoms with E-state index in [-0.39, 0.29) is 11.6 Å². The van der Waals surface area contributed by atoms with E-state index in [0.717, 1.165) is 13.8 Å². The van der Waals surface area contributed by atoms with Crippen LogP contribution in [0, 0.1) is 0 Å². The van der Waals surface area contributed by atoms with Crippen molar-refractivity contribution in [3.05, 3.63) is 47.5 Å². The number of rotatable bonds is 0. The molecular formula is C14H14O6. The molecule has 1 aliphatic rings. The number of benzene rings is 1. The van der Waals surface area contributed by atoms with E-state index in [9.17, 15) is 9.59 Å². The van der Waals surface area contributed by atoms with E-state index >= 15 is 0 Å². The summed E-state index contributed by atoms with van der Waals surface area (Å²) in [6, 6.07) is 6.84. The number of aliphatic carboxylic acids is 2. The molecule has 0 atom stereocenters. The molecule has 0 aliphatic heterocycles. The SMILES string of the molecule is CC(=O)O.CC(=O)O.O=C1C=CC(=O)c2ccccc21. The Morgan fingerprint density at radius 3 is 1.30 bits per heavy atom. The molecule has 0 saturated carbocycles. The number of hydrogen-bond donors (Lipinski definition) is 2. The number of carboxylic acid groups (broad SMARTS) is 2. The fourth-order valence-electron chi connectivity index (χ4n) is 1.24. The van der Waals surface area contributed by atoms with Gasteiger partial charge in [-0.05, 0) is 12.2 Å². The van der Waals surface area contributed by atoms with Crippen LogP contribution in [0.25, 0.3) is 0 Å². The van der Waals surface area contributed by atoms with Crippen molar-refractivity contribution in [3.8, 4) is 0 Å². The first-order chi connectivity index (χ1) is 9.25. The Morgan fingerprint density at radius 2 is 1.05 bits per heavy atom. The maximum atomic E-state index is 11.2. The van der Waals surface area contributed by atoms with Crippen LogP contribution < -0.4 is 0 Å². The molecule has 20 heavy (non-hydrogen) atoms. The maximum absolute atomic E-state index is 11.2. The van der Waals surface area contributed by atoms with Crippen LogP contribution in [0.2, 0.25) is 0 Å². The Hall–Kier alpha value is -2.76. The van der Waals surface area contributed by atoms with Crippen molar-refractivity contribution in [1.82, 2.24) is 0 Å². The van der Waals surface area contributed by atoms with Crippen LogP contribution in [-0.4, -0.2) is 33.7 Å². The van der Waals surface area contributed by atoms with E-state index in [4.69, 9.17) is 19.8 Å². The average molecular weight is 278 g/mol. The summed E-state index contributed by atoms with van der Waals surface area (Å²) >= 11 is 0. The lowest BCUT2D eigenvalue weighted by molar-refractivity contribution is -0.135. The van der Waals surface area contributed by atoms with Gasteiger partial charge >= 0.3 is 0 Å². The van der Waals surface area contributed by atoms with Gasteiger partial charge in [0, 0.05) is 25.0 Å². The van der Waals surface area contributed by atoms with Crippen molar-refractivity contribution in [2.75, 3.05) is 0 Å². The highest BCUT2D eigenvalue weighted by Crippen LogP contribution is 2.15. The molecule has 0 bridgehead atoms. The quantitative estimate of drug-likeness (QED) is 0.749. The number of hydrogen-bond acceptors (Lipinski definition) is 4. The van der Waals surface area contributed by atoms with Crippen molar-refractivity contribution in [2.45, 2.75) is 13.8 Å². The highest BCUT2D eigenvalue weighted by molar-refractivity contribution is 6.21. The van der Waals surface area contributed by atoms with Gasteiger partial charge in [0.15, 0.2) is 11.6 Å². The minimum absolute atomic E-state index is 0.0924. The van der Waals surface area contributed by atoms with Gasteiger partial charge in [-0.25, -0.2) is 0 Å². The molecular weight excluding hydrogens is 264 g/mol. The lowest BCUT2D eigenvalue weighted by Gasteiger charge is -2.06. The zero-order valence-electron chi connectivity index (χ0n) is 11.0. The Morgan fingerprint density at radius 1 is 0.800 bits per heavy atom. The second-order valence-corrected chi connectivity index (χ2v) is 3.65. The third-order valence-electron chi connectivity index (χ3n) is 1.84. The molecule has 6 heteroatoms. The lowest BCUT2D eigenvalue weighted by atomic mass is 9.95. The van der Waals surface area contributed by atoms with Crippen molar-refractivity contribution in [1.29, 1.82) is 0 Å². The van der Waals surface area contributed by atoms with Crippen LogP contribution in [-0.2, 0) is 9.59 Å². The van der Waals surface area contributed by atoms with Crippen LogP contribution >= 0.6 is 0 Å². The Labute approximate surface area is 115 Å². The van der Waals surface area contributed by atoms with E-state index < -0.39 is 11.9 Å². The predicted molar refractivity (Wildman–Crippen MR) is 70.9 cm³/mol. The molecule has 1 aromatic rings. The molecule has 1 aliphatic carbocycles. The number of carbonyl (C=O) groups is 4. The first kappa shape index (κ1) is 17.2. The molecule has 0 unspecified atom stereocenters. The molecule has 0 heterocycles. The average Bonchev–Trinajstić information content (AvgIpc) is 2.33. The van der Waals surface area contributed by atoms with E-state index in [0.29, 0.717) is 11.1 Å². The summed E-state index contributed by atoms with van der Waals surface area (Å²) in [6.45, 7) is 2.17. The van der Waals surface area contributed by atoms with E-state index in [1.54, 1.807) is 24.3 Å². The molecule has 1 aromatic carbocycles. The standard InChI is InChI=1S/C10H6O2.2C2H4O2/c11-9-5-6-10(12)8-4-2-1-3-7(8)9;2*1-2(3)4/h1-6H;2*1H3,(H,3,4). The van der Waals surface area contributed by atoms with Gasteiger partial charge in [0.1, 0.15) is 0 Å². The van der Waals surface area contributed by atoms with E-state index in [1.165, 1.54) is 12.2 Å². The van der Waals surface area contributed by atoms with Gasteiger partial charge in [-0.1, -0.05) is 24.3 Å². The first-order valence-electron chi connectivity index (χ1n) is 5.50. The maximum Gasteiger partial charge on any atom is 0.300 e. The van der Waals surface area contributed by atoms with Crippen LogP contribution in [0.1, 0.15) is 34.6 Å². The monoisotopic (exact) mass is 278 g/mol. The van der Waals surface area contributed by atoms with Crippen molar-refractivity contribution in [3.63, 3.8) is 0 Å². The number of ketones is 2. The summed E-state index contributed by atoms with van der Waals surface area (Å²) in [5.74, 6) is -1.85. The molecule has 2 rings (SSSR count). The van der Waals surface area contributed by atoms with Gasteiger partial charge in [0.2, 0.25) is 0 Å². The molecule has 6 nitrogen and oxygen atoms in total. The molecule has 0 radical (unpaired) electrons. The van der Waals surface area contributed by atoms with Crippen LogP contribution in [0.4, 0.5) is 0 Å². The molecule has 0 fully saturated rings. The fourth-order valence-corrected chi connectivity index (χ4v) is 1.24. The Kier molecular flexibility index (Phi) is 7.21. The second kappa shape index (κ2) is 8.36. The van der Waals surface area contributed by atoms with Gasteiger partial charge in [-0.15, -0.1) is 0 Å². The molecule has 0 saturated heterocycles. The molecule has 106 valence electrons. The highest BCUT2D eigenvalue weighted by Gasteiger charge is 2.16. The Balaban J connectivity index is 0.000000380. The number of fused-ring (bicyclic) bond motifs is 1.